The molecule has 6 nitrogen and oxygen atoms in total. The van der Waals surface area contributed by atoms with Gasteiger partial charge in [0.1, 0.15) is 5.75 Å². The topological polar surface area (TPSA) is 73.9 Å². The summed E-state index contributed by atoms with van der Waals surface area (Å²) in [5.74, 6) is -0.854. The van der Waals surface area contributed by atoms with Crippen molar-refractivity contribution in [3.63, 3.8) is 0 Å². The van der Waals surface area contributed by atoms with E-state index < -0.39 is 11.9 Å². The molecule has 0 aliphatic carbocycles. The van der Waals surface area contributed by atoms with Crippen LogP contribution in [0.3, 0.4) is 0 Å². The zero-order valence-corrected chi connectivity index (χ0v) is 14.2. The first-order valence-corrected chi connectivity index (χ1v) is 7.47. The third-order valence-electron chi connectivity index (χ3n) is 2.54. The Hall–Kier alpha value is -2.02. The van der Waals surface area contributed by atoms with Crippen LogP contribution in [-0.4, -0.2) is 32.3 Å². The molecule has 1 rings (SSSR count). The molecule has 0 heterocycles. The van der Waals surface area contributed by atoms with E-state index in [0.717, 1.165) is 4.47 Å². The van der Waals surface area contributed by atoms with Crippen molar-refractivity contribution in [3.8, 4) is 5.75 Å². The lowest BCUT2D eigenvalue weighted by Crippen LogP contribution is -2.19. The number of ether oxygens (including phenoxy) is 3. The second kappa shape index (κ2) is 9.09. The second-order valence-electron chi connectivity index (χ2n) is 3.99. The lowest BCUT2D eigenvalue weighted by molar-refractivity contribution is -0.146. The van der Waals surface area contributed by atoms with Crippen LogP contribution in [0.2, 0.25) is 0 Å². The molecule has 0 saturated carbocycles. The van der Waals surface area contributed by atoms with E-state index in [9.17, 15) is 9.59 Å². The summed E-state index contributed by atoms with van der Waals surface area (Å²) >= 11 is 3.37. The largest absolute Gasteiger partial charge is 0.497 e. The van der Waals surface area contributed by atoms with Gasteiger partial charge in [0.05, 0.1) is 26.0 Å². The standard InChI is InChI=1S/C15H18BrNO5/c1-4-21-14(18)11(15(19)22-5-2)9-17-13-8-10(20-3)6-7-12(13)16/h6-9,17H,4-5H2,1-3H3. The number of methoxy groups -OCH3 is 1. The molecular weight excluding hydrogens is 354 g/mol. The van der Waals surface area contributed by atoms with E-state index in [1.807, 2.05) is 0 Å². The van der Waals surface area contributed by atoms with Crippen LogP contribution in [0.15, 0.2) is 34.4 Å². The molecule has 120 valence electrons. The maximum Gasteiger partial charge on any atom is 0.347 e. The quantitative estimate of drug-likeness (QED) is 0.343. The molecule has 0 fully saturated rings. The van der Waals surface area contributed by atoms with E-state index in [1.54, 1.807) is 39.2 Å². The van der Waals surface area contributed by atoms with Crippen LogP contribution in [-0.2, 0) is 19.1 Å². The summed E-state index contributed by atoms with van der Waals surface area (Å²) < 4.78 is 15.6. The minimum absolute atomic E-state index is 0.165. The van der Waals surface area contributed by atoms with Crippen molar-refractivity contribution in [2.75, 3.05) is 25.6 Å². The second-order valence-corrected chi connectivity index (χ2v) is 4.84. The van der Waals surface area contributed by atoms with Crippen LogP contribution >= 0.6 is 15.9 Å². The highest BCUT2D eigenvalue weighted by atomic mass is 79.9. The molecule has 1 aromatic carbocycles. The van der Waals surface area contributed by atoms with Gasteiger partial charge in [0.2, 0.25) is 0 Å². The Balaban J connectivity index is 3.02. The van der Waals surface area contributed by atoms with Gasteiger partial charge in [-0.2, -0.15) is 0 Å². The number of rotatable bonds is 7. The van der Waals surface area contributed by atoms with Crippen molar-refractivity contribution in [1.29, 1.82) is 0 Å². The van der Waals surface area contributed by atoms with E-state index in [4.69, 9.17) is 14.2 Å². The number of nitrogens with one attached hydrogen (secondary N) is 1. The molecule has 1 aromatic rings. The monoisotopic (exact) mass is 371 g/mol. The van der Waals surface area contributed by atoms with Crippen LogP contribution in [0.4, 0.5) is 5.69 Å². The minimum atomic E-state index is -0.743. The van der Waals surface area contributed by atoms with Crippen molar-refractivity contribution in [1.82, 2.24) is 0 Å². The summed E-state index contributed by atoms with van der Waals surface area (Å²) in [5, 5.41) is 2.88. The van der Waals surface area contributed by atoms with Gasteiger partial charge in [-0.25, -0.2) is 9.59 Å². The first-order chi connectivity index (χ1) is 10.5. The SMILES string of the molecule is CCOC(=O)C(=CNc1cc(OC)ccc1Br)C(=O)OCC. The van der Waals surface area contributed by atoms with Crippen LogP contribution in [0, 0.1) is 0 Å². The number of halogens is 1. The van der Waals surface area contributed by atoms with E-state index in [2.05, 4.69) is 21.2 Å². The molecule has 1 N–H and O–H groups in total. The summed E-state index contributed by atoms with van der Waals surface area (Å²) in [5.41, 5.74) is 0.420. The summed E-state index contributed by atoms with van der Waals surface area (Å²) in [6, 6.07) is 5.27. The van der Waals surface area contributed by atoms with Gasteiger partial charge in [0, 0.05) is 16.7 Å². The molecule has 0 bridgehead atoms. The minimum Gasteiger partial charge on any atom is -0.497 e. The average molecular weight is 372 g/mol. The molecule has 0 aliphatic rings. The lowest BCUT2D eigenvalue weighted by atomic mass is 10.2. The van der Waals surface area contributed by atoms with Gasteiger partial charge in [0.25, 0.3) is 0 Å². The van der Waals surface area contributed by atoms with E-state index in [1.165, 1.54) is 6.20 Å². The Morgan fingerprint density at radius 2 is 1.77 bits per heavy atom. The molecule has 0 aromatic heterocycles. The van der Waals surface area contributed by atoms with Crippen LogP contribution in [0.1, 0.15) is 13.8 Å². The number of esters is 2. The zero-order chi connectivity index (χ0) is 16.5. The third-order valence-corrected chi connectivity index (χ3v) is 3.23. The van der Waals surface area contributed by atoms with Gasteiger partial charge in [-0.15, -0.1) is 0 Å². The van der Waals surface area contributed by atoms with Gasteiger partial charge in [-0.3, -0.25) is 0 Å². The first-order valence-electron chi connectivity index (χ1n) is 6.67. The average Bonchev–Trinajstić information content (AvgIpc) is 2.49. The Labute approximate surface area is 137 Å². The fourth-order valence-corrected chi connectivity index (χ4v) is 1.87. The first kappa shape index (κ1) is 18.0. The van der Waals surface area contributed by atoms with E-state index in [-0.39, 0.29) is 18.8 Å². The number of hydrogen-bond acceptors (Lipinski definition) is 6. The smallest absolute Gasteiger partial charge is 0.347 e. The highest BCUT2D eigenvalue weighted by molar-refractivity contribution is 9.10. The Morgan fingerprint density at radius 1 is 1.18 bits per heavy atom. The maximum atomic E-state index is 11.8. The Kier molecular flexibility index (Phi) is 7.45. The van der Waals surface area contributed by atoms with E-state index >= 15 is 0 Å². The molecule has 0 atom stereocenters. The van der Waals surface area contributed by atoms with Gasteiger partial charge in [0.15, 0.2) is 5.57 Å². The van der Waals surface area contributed by atoms with Gasteiger partial charge < -0.3 is 19.5 Å². The van der Waals surface area contributed by atoms with Crippen molar-refractivity contribution in [2.45, 2.75) is 13.8 Å². The van der Waals surface area contributed by atoms with Crippen molar-refractivity contribution in [3.05, 3.63) is 34.4 Å². The fourth-order valence-electron chi connectivity index (χ4n) is 1.51. The van der Waals surface area contributed by atoms with Crippen LogP contribution < -0.4 is 10.1 Å². The van der Waals surface area contributed by atoms with Crippen molar-refractivity contribution < 1.29 is 23.8 Å². The number of anilines is 1. The summed E-state index contributed by atoms with van der Waals surface area (Å²) in [7, 11) is 1.55. The third kappa shape index (κ3) is 5.07. The highest BCUT2D eigenvalue weighted by Crippen LogP contribution is 2.27. The number of carbonyl (C=O) groups is 2. The van der Waals surface area contributed by atoms with E-state index in [0.29, 0.717) is 11.4 Å². The Morgan fingerprint density at radius 3 is 2.27 bits per heavy atom. The van der Waals surface area contributed by atoms with Crippen LogP contribution in [0.5, 0.6) is 5.75 Å². The highest BCUT2D eigenvalue weighted by Gasteiger charge is 2.21. The zero-order valence-electron chi connectivity index (χ0n) is 12.6. The normalized spacial score (nSPS) is 9.64. The molecule has 0 amide bonds. The summed E-state index contributed by atoms with van der Waals surface area (Å²) in [6.45, 7) is 3.65. The lowest BCUT2D eigenvalue weighted by Gasteiger charge is -2.09. The predicted molar refractivity (Wildman–Crippen MR) is 85.7 cm³/mol. The molecule has 22 heavy (non-hydrogen) atoms. The molecule has 0 saturated heterocycles. The van der Waals surface area contributed by atoms with Gasteiger partial charge in [-0.05, 0) is 41.9 Å². The predicted octanol–water partition coefficient (Wildman–Crippen LogP) is 2.88. The summed E-state index contributed by atoms with van der Waals surface area (Å²) in [6.07, 6.45) is 1.26. The fraction of sp³-hybridized carbons (Fsp3) is 0.333. The molecular formula is C15H18BrNO5. The van der Waals surface area contributed by atoms with Crippen LogP contribution in [0.25, 0.3) is 0 Å². The summed E-state index contributed by atoms with van der Waals surface area (Å²) in [4.78, 5) is 23.6. The maximum absolute atomic E-state index is 11.8. The number of benzene rings is 1. The molecule has 0 spiro atoms. The molecule has 0 aliphatic heterocycles. The van der Waals surface area contributed by atoms with Gasteiger partial charge >= 0.3 is 11.9 Å². The van der Waals surface area contributed by atoms with Gasteiger partial charge in [-0.1, -0.05) is 0 Å². The number of carbonyl (C=O) groups excluding carboxylic acids is 2. The van der Waals surface area contributed by atoms with Crippen molar-refractivity contribution >= 4 is 33.6 Å². The molecule has 0 unspecified atom stereocenters. The van der Waals surface area contributed by atoms with Crippen molar-refractivity contribution in [2.24, 2.45) is 0 Å². The molecule has 0 radical (unpaired) electrons. The molecule has 7 heteroatoms. The number of hydrogen-bond donors (Lipinski definition) is 1. The Bertz CT molecular complexity index is 551.